The molecule has 3 unspecified atom stereocenters. The van der Waals surface area contributed by atoms with Gasteiger partial charge in [-0.15, -0.1) is 0 Å². The van der Waals surface area contributed by atoms with Crippen LogP contribution in [0, 0.1) is 11.3 Å². The van der Waals surface area contributed by atoms with Crippen molar-refractivity contribution in [2.45, 2.75) is 66.6 Å². The van der Waals surface area contributed by atoms with Gasteiger partial charge in [-0.05, 0) is 31.6 Å². The van der Waals surface area contributed by atoms with Crippen LogP contribution in [0.3, 0.4) is 0 Å². The van der Waals surface area contributed by atoms with Crippen LogP contribution >= 0.6 is 0 Å². The lowest BCUT2D eigenvalue weighted by Crippen LogP contribution is -2.44. The van der Waals surface area contributed by atoms with Crippen LogP contribution in [0.5, 0.6) is 0 Å². The molecule has 1 N–H and O–H groups in total. The monoisotopic (exact) mass is 240 g/mol. The molecule has 0 spiro atoms. The number of amides is 1. The summed E-state index contributed by atoms with van der Waals surface area (Å²) in [6.07, 6.45) is 0.994. The maximum Gasteiger partial charge on any atom is 0.243 e. The van der Waals surface area contributed by atoms with Crippen LogP contribution in [0.25, 0.3) is 0 Å². The molecule has 1 aliphatic rings. The van der Waals surface area contributed by atoms with E-state index < -0.39 is 0 Å². The zero-order chi connectivity index (χ0) is 13.4. The van der Waals surface area contributed by atoms with Gasteiger partial charge in [0.1, 0.15) is 0 Å². The van der Waals surface area contributed by atoms with Gasteiger partial charge < -0.3 is 4.90 Å². The van der Waals surface area contributed by atoms with Crippen molar-refractivity contribution < 1.29 is 4.79 Å². The first kappa shape index (κ1) is 14.5. The summed E-state index contributed by atoms with van der Waals surface area (Å²) in [5.41, 5.74) is -0.123. The summed E-state index contributed by atoms with van der Waals surface area (Å²) in [7, 11) is 0. The number of carbonyl (C=O) groups is 1. The third-order valence-corrected chi connectivity index (χ3v) is 4.38. The van der Waals surface area contributed by atoms with Gasteiger partial charge in [0.25, 0.3) is 0 Å². The molecular weight excluding hydrogens is 212 g/mol. The van der Waals surface area contributed by atoms with Crippen LogP contribution in [-0.4, -0.2) is 29.1 Å². The number of carbonyl (C=O) groups excluding carboxylic acids is 1. The van der Waals surface area contributed by atoms with E-state index in [1.54, 1.807) is 0 Å². The molecule has 0 bridgehead atoms. The SMILES string of the molecule is CCC1(C)NC(C)N(CC(C)C(C)(C)C)C1=O. The second kappa shape index (κ2) is 4.60. The highest BCUT2D eigenvalue weighted by molar-refractivity contribution is 5.88. The van der Waals surface area contributed by atoms with Crippen LogP contribution < -0.4 is 5.32 Å². The third kappa shape index (κ3) is 2.82. The highest BCUT2D eigenvalue weighted by Gasteiger charge is 2.45. The van der Waals surface area contributed by atoms with Gasteiger partial charge in [-0.2, -0.15) is 0 Å². The summed E-state index contributed by atoms with van der Waals surface area (Å²) < 4.78 is 0. The smallest absolute Gasteiger partial charge is 0.243 e. The minimum Gasteiger partial charge on any atom is -0.326 e. The van der Waals surface area contributed by atoms with Crippen molar-refractivity contribution in [2.24, 2.45) is 11.3 Å². The molecule has 17 heavy (non-hydrogen) atoms. The molecule has 0 aliphatic carbocycles. The number of nitrogens with zero attached hydrogens (tertiary/aromatic N) is 1. The second-order valence-corrected chi connectivity index (χ2v) is 6.73. The van der Waals surface area contributed by atoms with E-state index in [2.05, 4.69) is 46.9 Å². The molecule has 100 valence electrons. The van der Waals surface area contributed by atoms with Crippen molar-refractivity contribution in [3.63, 3.8) is 0 Å². The van der Waals surface area contributed by atoms with E-state index >= 15 is 0 Å². The average Bonchev–Trinajstić information content (AvgIpc) is 2.41. The summed E-state index contributed by atoms with van der Waals surface area (Å²) in [6.45, 7) is 15.9. The molecule has 1 rings (SSSR count). The molecule has 3 nitrogen and oxygen atoms in total. The predicted octanol–water partition coefficient (Wildman–Crippen LogP) is 2.62. The van der Waals surface area contributed by atoms with Crippen LogP contribution in [0.4, 0.5) is 0 Å². The Hall–Kier alpha value is -0.570. The summed E-state index contributed by atoms with van der Waals surface area (Å²) in [4.78, 5) is 14.4. The highest BCUT2D eigenvalue weighted by atomic mass is 16.2. The van der Waals surface area contributed by atoms with E-state index in [9.17, 15) is 4.79 Å². The fourth-order valence-corrected chi connectivity index (χ4v) is 2.16. The van der Waals surface area contributed by atoms with Crippen LogP contribution in [0.2, 0.25) is 0 Å². The summed E-state index contributed by atoms with van der Waals surface area (Å²) in [6, 6.07) is 0. The van der Waals surface area contributed by atoms with E-state index in [-0.39, 0.29) is 23.0 Å². The molecule has 1 heterocycles. The fourth-order valence-electron chi connectivity index (χ4n) is 2.16. The lowest BCUT2D eigenvalue weighted by atomic mass is 9.81. The maximum absolute atomic E-state index is 12.4. The maximum atomic E-state index is 12.4. The van der Waals surface area contributed by atoms with Gasteiger partial charge >= 0.3 is 0 Å². The molecular formula is C14H28N2O. The normalized spacial score (nSPS) is 32.1. The Bertz CT molecular complexity index is 295. The van der Waals surface area contributed by atoms with Crippen molar-refractivity contribution in [1.29, 1.82) is 0 Å². The topological polar surface area (TPSA) is 32.3 Å². The minimum absolute atomic E-state index is 0.150. The molecule has 0 saturated carbocycles. The van der Waals surface area contributed by atoms with Crippen molar-refractivity contribution >= 4 is 5.91 Å². The van der Waals surface area contributed by atoms with Gasteiger partial charge in [-0.25, -0.2) is 0 Å². The van der Waals surface area contributed by atoms with Gasteiger partial charge in [0.2, 0.25) is 5.91 Å². The predicted molar refractivity (Wildman–Crippen MR) is 71.6 cm³/mol. The van der Waals surface area contributed by atoms with Crippen LogP contribution in [-0.2, 0) is 4.79 Å². The number of rotatable bonds is 3. The molecule has 1 aliphatic heterocycles. The minimum atomic E-state index is -0.364. The van der Waals surface area contributed by atoms with Gasteiger partial charge in [-0.1, -0.05) is 34.6 Å². The second-order valence-electron chi connectivity index (χ2n) is 6.73. The van der Waals surface area contributed by atoms with Crippen molar-refractivity contribution in [1.82, 2.24) is 10.2 Å². The molecule has 0 aromatic heterocycles. The largest absolute Gasteiger partial charge is 0.326 e. The van der Waals surface area contributed by atoms with E-state index in [1.165, 1.54) is 0 Å². The van der Waals surface area contributed by atoms with Gasteiger partial charge in [0.15, 0.2) is 0 Å². The van der Waals surface area contributed by atoms with Gasteiger partial charge in [0.05, 0.1) is 11.7 Å². The van der Waals surface area contributed by atoms with Gasteiger partial charge in [0, 0.05) is 6.54 Å². The molecule has 0 radical (unpaired) electrons. The molecule has 1 saturated heterocycles. The first-order chi connectivity index (χ1) is 7.62. The Morgan fingerprint density at radius 2 is 2.00 bits per heavy atom. The molecule has 1 fully saturated rings. The van der Waals surface area contributed by atoms with Crippen LogP contribution in [0.15, 0.2) is 0 Å². The van der Waals surface area contributed by atoms with Crippen molar-refractivity contribution in [2.75, 3.05) is 6.54 Å². The zero-order valence-electron chi connectivity index (χ0n) is 12.4. The number of hydrogen-bond acceptors (Lipinski definition) is 2. The molecule has 0 aromatic rings. The quantitative estimate of drug-likeness (QED) is 0.822. The Morgan fingerprint density at radius 3 is 2.35 bits per heavy atom. The lowest BCUT2D eigenvalue weighted by Gasteiger charge is -2.33. The Balaban J connectivity index is 2.77. The zero-order valence-corrected chi connectivity index (χ0v) is 12.4. The Kier molecular flexibility index (Phi) is 3.92. The third-order valence-electron chi connectivity index (χ3n) is 4.38. The van der Waals surface area contributed by atoms with Crippen molar-refractivity contribution in [3.8, 4) is 0 Å². The van der Waals surface area contributed by atoms with Crippen LogP contribution in [0.1, 0.15) is 54.9 Å². The van der Waals surface area contributed by atoms with Gasteiger partial charge in [-0.3, -0.25) is 10.1 Å². The highest BCUT2D eigenvalue weighted by Crippen LogP contribution is 2.30. The molecule has 1 amide bonds. The van der Waals surface area contributed by atoms with E-state index in [4.69, 9.17) is 0 Å². The van der Waals surface area contributed by atoms with E-state index in [0.29, 0.717) is 5.92 Å². The fraction of sp³-hybridized carbons (Fsp3) is 0.929. The first-order valence-electron chi connectivity index (χ1n) is 6.70. The molecule has 3 heteroatoms. The summed E-state index contributed by atoms with van der Waals surface area (Å²) in [5, 5.41) is 3.41. The average molecular weight is 240 g/mol. The number of hydrogen-bond donors (Lipinski definition) is 1. The van der Waals surface area contributed by atoms with E-state index in [0.717, 1.165) is 13.0 Å². The number of nitrogens with one attached hydrogen (secondary N) is 1. The summed E-state index contributed by atoms with van der Waals surface area (Å²) in [5.74, 6) is 0.749. The first-order valence-corrected chi connectivity index (χ1v) is 6.70. The van der Waals surface area contributed by atoms with E-state index in [1.807, 2.05) is 11.8 Å². The molecule has 0 aromatic carbocycles. The lowest BCUT2D eigenvalue weighted by molar-refractivity contribution is -0.133. The van der Waals surface area contributed by atoms with Crippen molar-refractivity contribution in [3.05, 3.63) is 0 Å². The molecule has 3 atom stereocenters. The Morgan fingerprint density at radius 1 is 1.47 bits per heavy atom. The summed E-state index contributed by atoms with van der Waals surface area (Å²) >= 11 is 0. The standard InChI is InChI=1S/C14H28N2O/c1-8-14(7)12(17)16(11(3)15-14)9-10(2)13(4,5)6/h10-11,15H,8-9H2,1-7H3. The Labute approximate surface area is 106 Å².